The summed E-state index contributed by atoms with van der Waals surface area (Å²) in [7, 11) is 0. The van der Waals surface area contributed by atoms with E-state index in [9.17, 15) is 4.79 Å². The van der Waals surface area contributed by atoms with Crippen LogP contribution >= 0.6 is 15.9 Å². The lowest BCUT2D eigenvalue weighted by molar-refractivity contribution is 0.269. The third kappa shape index (κ3) is 5.64. The maximum absolute atomic E-state index is 13.6. The number of aromatic nitrogens is 2. The predicted octanol–water partition coefficient (Wildman–Crippen LogP) is 7.74. The molecule has 0 N–H and O–H groups in total. The fourth-order valence-electron chi connectivity index (χ4n) is 4.48. The number of halogens is 1. The summed E-state index contributed by atoms with van der Waals surface area (Å²) in [6, 6.07) is 28.5. The molecule has 0 spiro atoms. The van der Waals surface area contributed by atoms with Crippen molar-refractivity contribution in [2.45, 2.75) is 20.5 Å². The van der Waals surface area contributed by atoms with E-state index in [0.717, 1.165) is 21.0 Å². The van der Waals surface area contributed by atoms with Crippen LogP contribution in [0.3, 0.4) is 0 Å². The Morgan fingerprint density at radius 1 is 0.951 bits per heavy atom. The van der Waals surface area contributed by atoms with Gasteiger partial charge in [-0.05, 0) is 79.6 Å². The minimum absolute atomic E-state index is 0.299. The highest BCUT2D eigenvalue weighted by Gasteiger charge is 2.17. The lowest BCUT2D eigenvalue weighted by Crippen LogP contribution is -2.20. The van der Waals surface area contributed by atoms with Gasteiger partial charge in [0.25, 0.3) is 5.56 Å². The van der Waals surface area contributed by atoms with Gasteiger partial charge in [0.2, 0.25) is 5.82 Å². The number of hydrogen-bond acceptors (Lipinski definition) is 6. The first kappa shape index (κ1) is 26.5. The maximum atomic E-state index is 13.6. The van der Waals surface area contributed by atoms with Crippen LogP contribution in [0.2, 0.25) is 0 Å². The Kier molecular flexibility index (Phi) is 7.39. The van der Waals surface area contributed by atoms with Gasteiger partial charge in [-0.15, -0.1) is 0 Å². The van der Waals surface area contributed by atoms with Gasteiger partial charge < -0.3 is 13.9 Å². The molecule has 8 heteroatoms. The largest absolute Gasteiger partial charge is 0.490 e. The van der Waals surface area contributed by atoms with Crippen molar-refractivity contribution in [1.29, 1.82) is 0 Å². The highest BCUT2D eigenvalue weighted by molar-refractivity contribution is 9.10. The molecule has 0 amide bonds. The van der Waals surface area contributed by atoms with Gasteiger partial charge in [-0.2, -0.15) is 9.78 Å². The second-order valence-electron chi connectivity index (χ2n) is 9.52. The van der Waals surface area contributed by atoms with E-state index in [4.69, 9.17) is 18.9 Å². The summed E-state index contributed by atoms with van der Waals surface area (Å²) in [5.74, 6) is 1.96. The molecule has 0 saturated heterocycles. The molecule has 0 saturated carbocycles. The van der Waals surface area contributed by atoms with Crippen LogP contribution in [0, 0.1) is 6.92 Å². The summed E-state index contributed by atoms with van der Waals surface area (Å²) < 4.78 is 20.2. The number of rotatable bonds is 8. The van der Waals surface area contributed by atoms with Crippen molar-refractivity contribution in [1.82, 2.24) is 9.66 Å². The van der Waals surface area contributed by atoms with E-state index in [1.807, 2.05) is 73.7 Å². The summed E-state index contributed by atoms with van der Waals surface area (Å²) in [6.07, 6.45) is 1.60. The zero-order chi connectivity index (χ0) is 28.3. The lowest BCUT2D eigenvalue weighted by atomic mass is 10.2. The molecule has 0 bridgehead atoms. The van der Waals surface area contributed by atoms with E-state index in [-0.39, 0.29) is 5.56 Å². The van der Waals surface area contributed by atoms with E-state index in [2.05, 4.69) is 40.1 Å². The van der Waals surface area contributed by atoms with Crippen LogP contribution in [0.15, 0.2) is 110 Å². The molecule has 0 radical (unpaired) electrons. The molecule has 2 aromatic heterocycles. The molecule has 6 rings (SSSR count). The predicted molar refractivity (Wildman–Crippen MR) is 165 cm³/mol. The quantitative estimate of drug-likeness (QED) is 0.165. The van der Waals surface area contributed by atoms with Gasteiger partial charge >= 0.3 is 0 Å². The Labute approximate surface area is 244 Å². The molecule has 6 aromatic rings. The second-order valence-corrected chi connectivity index (χ2v) is 10.4. The molecule has 4 aromatic carbocycles. The SMILES string of the molecule is CCOc1cc(C=Nn2c(-c3cc4cc(Br)ccc4o3)nc3ccccc3c2=O)ccc1OCc1ccc(C)cc1. The highest BCUT2D eigenvalue weighted by Crippen LogP contribution is 2.31. The summed E-state index contributed by atoms with van der Waals surface area (Å²) >= 11 is 3.50. The average Bonchev–Trinajstić information content (AvgIpc) is 3.40. The molecule has 7 nitrogen and oxygen atoms in total. The Morgan fingerprint density at radius 3 is 2.61 bits per heavy atom. The van der Waals surface area contributed by atoms with Gasteiger partial charge in [0.05, 0.1) is 23.7 Å². The van der Waals surface area contributed by atoms with Crippen LogP contribution in [0.4, 0.5) is 0 Å². The maximum Gasteiger partial charge on any atom is 0.282 e. The summed E-state index contributed by atoms with van der Waals surface area (Å²) in [6.45, 7) is 4.87. The molecule has 2 heterocycles. The van der Waals surface area contributed by atoms with Crippen molar-refractivity contribution in [2.75, 3.05) is 6.61 Å². The van der Waals surface area contributed by atoms with Gasteiger partial charge in [0.1, 0.15) is 12.2 Å². The first-order valence-electron chi connectivity index (χ1n) is 13.2. The Balaban J connectivity index is 1.37. The van der Waals surface area contributed by atoms with Gasteiger partial charge in [-0.1, -0.05) is 57.9 Å². The zero-order valence-corrected chi connectivity index (χ0v) is 24.1. The van der Waals surface area contributed by atoms with E-state index < -0.39 is 0 Å². The molecule has 204 valence electrons. The first-order valence-corrected chi connectivity index (χ1v) is 14.0. The monoisotopic (exact) mass is 607 g/mol. The number of aryl methyl sites for hydroxylation is 1. The van der Waals surface area contributed by atoms with Crippen LogP contribution in [-0.2, 0) is 6.61 Å². The van der Waals surface area contributed by atoms with Gasteiger partial charge in [0, 0.05) is 9.86 Å². The van der Waals surface area contributed by atoms with Crippen molar-refractivity contribution < 1.29 is 13.9 Å². The smallest absolute Gasteiger partial charge is 0.282 e. The Morgan fingerprint density at radius 2 is 1.78 bits per heavy atom. The second kappa shape index (κ2) is 11.4. The number of hydrogen-bond donors (Lipinski definition) is 0. The van der Waals surface area contributed by atoms with Crippen molar-refractivity contribution in [2.24, 2.45) is 5.10 Å². The fourth-order valence-corrected chi connectivity index (χ4v) is 4.86. The number of fused-ring (bicyclic) bond motifs is 2. The lowest BCUT2D eigenvalue weighted by Gasteiger charge is -2.13. The minimum atomic E-state index is -0.299. The van der Waals surface area contributed by atoms with Crippen molar-refractivity contribution in [3.8, 4) is 23.1 Å². The van der Waals surface area contributed by atoms with Crippen molar-refractivity contribution in [3.63, 3.8) is 0 Å². The van der Waals surface area contributed by atoms with E-state index >= 15 is 0 Å². The zero-order valence-electron chi connectivity index (χ0n) is 22.5. The van der Waals surface area contributed by atoms with Crippen molar-refractivity contribution in [3.05, 3.63) is 123 Å². The van der Waals surface area contributed by atoms with E-state index in [0.29, 0.717) is 52.8 Å². The van der Waals surface area contributed by atoms with Crippen LogP contribution in [0.5, 0.6) is 11.5 Å². The standard InChI is InChI=1S/C33H26BrN3O4/c1-3-39-30-16-23(12-14-29(30)40-20-22-10-8-21(2)9-11-22)19-35-37-32(36-27-7-5-4-6-26(27)33(37)38)31-18-24-17-25(34)13-15-28(24)41-31/h4-19H,3,20H2,1-2H3. The number of benzene rings is 4. The van der Waals surface area contributed by atoms with Crippen LogP contribution < -0.4 is 15.0 Å². The molecule has 0 atom stereocenters. The number of nitrogens with zero attached hydrogens (tertiary/aromatic N) is 3. The third-order valence-corrected chi connectivity index (χ3v) is 7.05. The molecule has 0 aliphatic heterocycles. The molecule has 0 unspecified atom stereocenters. The number of ether oxygens (including phenoxy) is 2. The molecule has 41 heavy (non-hydrogen) atoms. The average molecular weight is 608 g/mol. The van der Waals surface area contributed by atoms with E-state index in [1.165, 1.54) is 10.2 Å². The Hall–Kier alpha value is -4.69. The van der Waals surface area contributed by atoms with Crippen LogP contribution in [0.25, 0.3) is 33.5 Å². The molecule has 0 aliphatic rings. The fraction of sp³-hybridized carbons (Fsp3) is 0.121. The number of para-hydroxylation sites is 1. The summed E-state index contributed by atoms with van der Waals surface area (Å²) in [5, 5.41) is 5.92. The van der Waals surface area contributed by atoms with Crippen LogP contribution in [0.1, 0.15) is 23.6 Å². The highest BCUT2D eigenvalue weighted by atomic mass is 79.9. The Bertz CT molecular complexity index is 1960. The summed E-state index contributed by atoms with van der Waals surface area (Å²) in [4.78, 5) is 18.3. The van der Waals surface area contributed by atoms with Gasteiger partial charge in [-0.25, -0.2) is 4.98 Å². The topological polar surface area (TPSA) is 78.9 Å². The van der Waals surface area contributed by atoms with Crippen molar-refractivity contribution >= 4 is 44.0 Å². The molecular weight excluding hydrogens is 582 g/mol. The molecule has 0 fully saturated rings. The molecular formula is C33H26BrN3O4. The number of furan rings is 1. The third-order valence-electron chi connectivity index (χ3n) is 6.56. The van der Waals surface area contributed by atoms with E-state index in [1.54, 1.807) is 18.3 Å². The minimum Gasteiger partial charge on any atom is -0.490 e. The first-order chi connectivity index (χ1) is 20.0. The molecule has 0 aliphatic carbocycles. The van der Waals surface area contributed by atoms with Gasteiger partial charge in [-0.3, -0.25) is 4.79 Å². The van der Waals surface area contributed by atoms with Gasteiger partial charge in [0.15, 0.2) is 17.3 Å². The van der Waals surface area contributed by atoms with Crippen LogP contribution in [-0.4, -0.2) is 22.5 Å². The summed E-state index contributed by atoms with van der Waals surface area (Å²) in [5.41, 5.74) is 3.95. The normalized spacial score (nSPS) is 11.5.